The first kappa shape index (κ1) is 18.1. The molecule has 0 bridgehead atoms. The lowest BCUT2D eigenvalue weighted by Crippen LogP contribution is -2.32. The van der Waals surface area contributed by atoms with Crippen LogP contribution in [0.25, 0.3) is 0 Å². The van der Waals surface area contributed by atoms with Gasteiger partial charge in [0.1, 0.15) is 5.84 Å². The molecule has 0 aliphatic heterocycles. The van der Waals surface area contributed by atoms with Crippen molar-refractivity contribution in [3.05, 3.63) is 0 Å². The summed E-state index contributed by atoms with van der Waals surface area (Å²) in [5.74, 6) is 0.293. The molecule has 0 saturated heterocycles. The Balaban J connectivity index is 3.36. The fourth-order valence-corrected chi connectivity index (χ4v) is 1.67. The third kappa shape index (κ3) is 9.69. The zero-order valence-corrected chi connectivity index (χ0v) is 12.2. The molecule has 0 aliphatic carbocycles. The number of oxime groups is 1. The molecular formula is C13H29N3O3. The summed E-state index contributed by atoms with van der Waals surface area (Å²) in [5.41, 5.74) is 5.38. The number of nitrogens with zero attached hydrogens (tertiary/aromatic N) is 1. The van der Waals surface area contributed by atoms with Crippen LogP contribution < -0.4 is 11.1 Å². The van der Waals surface area contributed by atoms with Crippen molar-refractivity contribution in [2.45, 2.75) is 39.5 Å². The van der Waals surface area contributed by atoms with Gasteiger partial charge in [-0.2, -0.15) is 0 Å². The highest BCUT2D eigenvalue weighted by molar-refractivity contribution is 5.85. The average molecular weight is 275 g/mol. The second-order valence-corrected chi connectivity index (χ2v) is 5.27. The maximum atomic E-state index is 8.65. The van der Waals surface area contributed by atoms with Gasteiger partial charge >= 0.3 is 0 Å². The molecule has 6 heteroatoms. The van der Waals surface area contributed by atoms with Gasteiger partial charge < -0.3 is 26.1 Å². The molecule has 6 nitrogen and oxygen atoms in total. The third-order valence-electron chi connectivity index (χ3n) is 3.08. The minimum absolute atomic E-state index is 0.0868. The van der Waals surface area contributed by atoms with Gasteiger partial charge in [0.25, 0.3) is 0 Å². The minimum atomic E-state index is -0.243. The van der Waals surface area contributed by atoms with Gasteiger partial charge in [-0.15, -0.1) is 0 Å². The monoisotopic (exact) mass is 275 g/mol. The molecule has 0 radical (unpaired) electrons. The SMILES string of the molecule is CC(C)(CCCCNCCCOCCO)C(N)=NO. The predicted octanol–water partition coefficient (Wildman–Crippen LogP) is 0.918. The van der Waals surface area contributed by atoms with E-state index in [1.165, 1.54) is 0 Å². The molecule has 0 unspecified atom stereocenters. The van der Waals surface area contributed by atoms with Crippen molar-refractivity contribution in [3.63, 3.8) is 0 Å². The van der Waals surface area contributed by atoms with Crippen molar-refractivity contribution < 1.29 is 15.1 Å². The fourth-order valence-electron chi connectivity index (χ4n) is 1.67. The molecule has 0 aliphatic rings. The number of aliphatic hydroxyl groups is 1. The fraction of sp³-hybridized carbons (Fsp3) is 0.923. The minimum Gasteiger partial charge on any atom is -0.409 e. The number of amidine groups is 1. The molecule has 0 aromatic carbocycles. The predicted molar refractivity (Wildman–Crippen MR) is 76.4 cm³/mol. The smallest absolute Gasteiger partial charge is 0.144 e. The summed E-state index contributed by atoms with van der Waals surface area (Å²) in [6.45, 7) is 7.04. The number of hydrogen-bond acceptors (Lipinski definition) is 5. The number of hydrogen-bond donors (Lipinski definition) is 4. The Labute approximate surface area is 116 Å². The van der Waals surface area contributed by atoms with Gasteiger partial charge in [-0.05, 0) is 32.4 Å². The van der Waals surface area contributed by atoms with Crippen LogP contribution in [0.3, 0.4) is 0 Å². The Hall–Kier alpha value is -0.850. The quantitative estimate of drug-likeness (QED) is 0.139. The number of aliphatic hydroxyl groups excluding tert-OH is 1. The highest BCUT2D eigenvalue weighted by atomic mass is 16.5. The van der Waals surface area contributed by atoms with Gasteiger partial charge in [0.2, 0.25) is 0 Å². The van der Waals surface area contributed by atoms with Crippen LogP contribution >= 0.6 is 0 Å². The van der Waals surface area contributed by atoms with Crippen LogP contribution in [0.4, 0.5) is 0 Å². The summed E-state index contributed by atoms with van der Waals surface area (Å²) in [6, 6.07) is 0. The third-order valence-corrected chi connectivity index (χ3v) is 3.08. The van der Waals surface area contributed by atoms with E-state index < -0.39 is 0 Å². The molecule has 19 heavy (non-hydrogen) atoms. The van der Waals surface area contributed by atoms with Crippen molar-refractivity contribution in [2.75, 3.05) is 32.9 Å². The second-order valence-electron chi connectivity index (χ2n) is 5.27. The van der Waals surface area contributed by atoms with Crippen LogP contribution in [0, 0.1) is 5.41 Å². The number of nitrogens with one attached hydrogen (secondary N) is 1. The topological polar surface area (TPSA) is 100 Å². The molecule has 0 spiro atoms. The highest BCUT2D eigenvalue weighted by Gasteiger charge is 2.22. The second kappa shape index (κ2) is 11.0. The summed E-state index contributed by atoms with van der Waals surface area (Å²) in [4.78, 5) is 0. The zero-order chi connectivity index (χ0) is 14.6. The van der Waals surface area contributed by atoms with Gasteiger partial charge in [-0.3, -0.25) is 0 Å². The summed E-state index contributed by atoms with van der Waals surface area (Å²) >= 11 is 0. The first-order valence-corrected chi connectivity index (χ1v) is 6.92. The number of nitrogens with two attached hydrogens (primary N) is 1. The number of rotatable bonds is 12. The van der Waals surface area contributed by atoms with Gasteiger partial charge in [0, 0.05) is 12.0 Å². The maximum absolute atomic E-state index is 8.65. The molecule has 0 aromatic rings. The summed E-state index contributed by atoms with van der Waals surface area (Å²) in [7, 11) is 0. The van der Waals surface area contributed by atoms with E-state index in [1.807, 2.05) is 13.8 Å². The van der Waals surface area contributed by atoms with Gasteiger partial charge in [0.05, 0.1) is 13.2 Å². The van der Waals surface area contributed by atoms with Crippen molar-refractivity contribution in [2.24, 2.45) is 16.3 Å². The Morgan fingerprint density at radius 1 is 1.21 bits per heavy atom. The molecular weight excluding hydrogens is 246 g/mol. The Morgan fingerprint density at radius 3 is 2.53 bits per heavy atom. The van der Waals surface area contributed by atoms with Gasteiger partial charge in [-0.25, -0.2) is 0 Å². The molecule has 0 saturated carbocycles. The van der Waals surface area contributed by atoms with Crippen LogP contribution in [0.2, 0.25) is 0 Å². The van der Waals surface area contributed by atoms with Crippen LogP contribution in [0.5, 0.6) is 0 Å². The van der Waals surface area contributed by atoms with Crippen molar-refractivity contribution in [1.29, 1.82) is 0 Å². The zero-order valence-electron chi connectivity index (χ0n) is 12.2. The summed E-state index contributed by atoms with van der Waals surface area (Å²) < 4.78 is 5.15. The molecule has 0 fully saturated rings. The Kier molecular flexibility index (Phi) is 10.5. The van der Waals surface area contributed by atoms with E-state index in [-0.39, 0.29) is 12.0 Å². The largest absolute Gasteiger partial charge is 0.409 e. The standard InChI is InChI=1S/C13H29N3O3/c1-13(2,12(14)16-18)6-3-4-7-15-8-5-10-19-11-9-17/h15,17-18H,3-11H2,1-2H3,(H2,14,16). The average Bonchev–Trinajstić information content (AvgIpc) is 2.39. The van der Waals surface area contributed by atoms with E-state index in [9.17, 15) is 0 Å². The maximum Gasteiger partial charge on any atom is 0.144 e. The first-order valence-electron chi connectivity index (χ1n) is 6.92. The lowest BCUT2D eigenvalue weighted by molar-refractivity contribution is 0.0907. The Morgan fingerprint density at radius 2 is 1.89 bits per heavy atom. The molecule has 0 atom stereocenters. The lowest BCUT2D eigenvalue weighted by Gasteiger charge is -2.22. The van der Waals surface area contributed by atoms with Crippen LogP contribution in [0.15, 0.2) is 5.16 Å². The molecule has 0 amide bonds. The van der Waals surface area contributed by atoms with Crippen molar-refractivity contribution >= 4 is 5.84 Å². The normalized spacial score (nSPS) is 12.9. The van der Waals surface area contributed by atoms with Crippen molar-refractivity contribution in [3.8, 4) is 0 Å². The van der Waals surface area contributed by atoms with Gasteiger partial charge in [-0.1, -0.05) is 25.4 Å². The van der Waals surface area contributed by atoms with Gasteiger partial charge in [0.15, 0.2) is 0 Å². The number of unbranched alkanes of at least 4 members (excludes halogenated alkanes) is 1. The molecule has 5 N–H and O–H groups in total. The highest BCUT2D eigenvalue weighted by Crippen LogP contribution is 2.22. The molecule has 0 aromatic heterocycles. The van der Waals surface area contributed by atoms with E-state index in [0.717, 1.165) is 38.8 Å². The van der Waals surface area contributed by atoms with E-state index in [2.05, 4.69) is 10.5 Å². The summed E-state index contributed by atoms with van der Waals surface area (Å²) in [5, 5.41) is 23.6. The van der Waals surface area contributed by atoms with E-state index in [1.54, 1.807) is 0 Å². The van der Waals surface area contributed by atoms with Crippen LogP contribution in [-0.2, 0) is 4.74 Å². The lowest BCUT2D eigenvalue weighted by atomic mass is 9.86. The molecule has 114 valence electrons. The van der Waals surface area contributed by atoms with Crippen LogP contribution in [-0.4, -0.2) is 49.1 Å². The molecule has 0 rings (SSSR count). The first-order chi connectivity index (χ1) is 9.04. The Bertz CT molecular complexity index is 245. The van der Waals surface area contributed by atoms with E-state index in [0.29, 0.717) is 19.0 Å². The number of ether oxygens (including phenoxy) is 1. The van der Waals surface area contributed by atoms with Crippen molar-refractivity contribution in [1.82, 2.24) is 5.32 Å². The molecule has 0 heterocycles. The van der Waals surface area contributed by atoms with E-state index >= 15 is 0 Å². The van der Waals surface area contributed by atoms with Crippen LogP contribution in [0.1, 0.15) is 39.5 Å². The summed E-state index contributed by atoms with van der Waals surface area (Å²) in [6.07, 6.45) is 3.97. The van der Waals surface area contributed by atoms with E-state index in [4.69, 9.17) is 20.8 Å².